The largest absolute Gasteiger partial charge is 0.497 e. The van der Waals surface area contributed by atoms with E-state index in [-0.39, 0.29) is 6.04 Å². The van der Waals surface area contributed by atoms with Crippen LogP contribution in [0.15, 0.2) is 55.0 Å². The minimum atomic E-state index is 0.163. The third-order valence-corrected chi connectivity index (χ3v) is 7.38. The number of methoxy groups -OCH3 is 1. The van der Waals surface area contributed by atoms with Gasteiger partial charge in [0.25, 0.3) is 0 Å². The van der Waals surface area contributed by atoms with Crippen LogP contribution in [0.5, 0.6) is 5.75 Å². The Balaban J connectivity index is 1.23. The lowest BCUT2D eigenvalue weighted by Crippen LogP contribution is -2.46. The number of rotatable bonds is 6. The zero-order valence-electron chi connectivity index (χ0n) is 18.8. The number of aromatic nitrogens is 3. The average Bonchev–Trinajstić information content (AvgIpc) is 3.50. The molecule has 8 heteroatoms. The summed E-state index contributed by atoms with van der Waals surface area (Å²) >= 11 is 1.73. The smallest absolute Gasteiger partial charge is 0.186 e. The van der Waals surface area contributed by atoms with E-state index in [4.69, 9.17) is 15.0 Å². The van der Waals surface area contributed by atoms with E-state index < -0.39 is 0 Å². The van der Waals surface area contributed by atoms with Crippen molar-refractivity contribution in [3.05, 3.63) is 71.8 Å². The van der Waals surface area contributed by atoms with E-state index in [1.165, 1.54) is 11.3 Å². The summed E-state index contributed by atoms with van der Waals surface area (Å²) in [5, 5.41) is 10.1. The molecule has 0 spiro atoms. The molecule has 4 aromatic rings. The maximum atomic E-state index is 9.04. The third-order valence-electron chi connectivity index (χ3n) is 6.30. The highest BCUT2D eigenvalue weighted by Crippen LogP contribution is 2.32. The second-order valence-electron chi connectivity index (χ2n) is 8.30. The molecule has 0 unspecified atom stereocenters. The molecule has 7 nitrogen and oxygen atoms in total. The number of hydrogen-bond acceptors (Lipinski definition) is 7. The van der Waals surface area contributed by atoms with Gasteiger partial charge in [0.2, 0.25) is 0 Å². The molecule has 33 heavy (non-hydrogen) atoms. The van der Waals surface area contributed by atoms with Gasteiger partial charge in [0.15, 0.2) is 5.13 Å². The van der Waals surface area contributed by atoms with Gasteiger partial charge in [0, 0.05) is 38.9 Å². The van der Waals surface area contributed by atoms with E-state index in [0.717, 1.165) is 53.8 Å². The van der Waals surface area contributed by atoms with Crippen molar-refractivity contribution in [2.75, 3.05) is 38.2 Å². The van der Waals surface area contributed by atoms with E-state index in [1.807, 2.05) is 48.9 Å². The molecule has 5 rings (SSSR count). The Morgan fingerprint density at radius 3 is 2.64 bits per heavy atom. The van der Waals surface area contributed by atoms with E-state index in [1.54, 1.807) is 18.4 Å². The van der Waals surface area contributed by atoms with Gasteiger partial charge in [-0.05, 0) is 42.8 Å². The van der Waals surface area contributed by atoms with Gasteiger partial charge in [-0.3, -0.25) is 4.90 Å². The normalized spacial score (nSPS) is 15.5. The van der Waals surface area contributed by atoms with Gasteiger partial charge in [-0.1, -0.05) is 23.5 Å². The van der Waals surface area contributed by atoms with Crippen LogP contribution in [0.1, 0.15) is 29.8 Å². The standard InChI is InChI=1S/C25H26N6OS/c1-18(20-5-3-19(14-26)4-6-20)31-17-27-15-21(31)16-29-9-11-30(12-10-29)25-28-23-8-7-22(32-2)13-24(23)33-25/h3-8,13,15,17-18H,9-12,16H2,1-2H3/t18-/m1/s1. The Kier molecular flexibility index (Phi) is 5.99. The Morgan fingerprint density at radius 1 is 1.12 bits per heavy atom. The van der Waals surface area contributed by atoms with Crippen LogP contribution in [-0.2, 0) is 6.54 Å². The summed E-state index contributed by atoms with van der Waals surface area (Å²) in [6.07, 6.45) is 3.87. The van der Waals surface area contributed by atoms with E-state index in [9.17, 15) is 0 Å². The Morgan fingerprint density at radius 2 is 1.91 bits per heavy atom. The van der Waals surface area contributed by atoms with Crippen molar-refractivity contribution in [3.8, 4) is 11.8 Å². The lowest BCUT2D eigenvalue weighted by Gasteiger charge is -2.34. The van der Waals surface area contributed by atoms with Crippen LogP contribution in [0.4, 0.5) is 5.13 Å². The van der Waals surface area contributed by atoms with Gasteiger partial charge in [-0.15, -0.1) is 0 Å². The van der Waals surface area contributed by atoms with Gasteiger partial charge >= 0.3 is 0 Å². The molecule has 3 heterocycles. The molecule has 0 radical (unpaired) electrons. The maximum Gasteiger partial charge on any atom is 0.186 e. The van der Waals surface area contributed by atoms with Crippen molar-refractivity contribution in [1.29, 1.82) is 5.26 Å². The fraction of sp³-hybridized carbons (Fsp3) is 0.320. The molecule has 1 atom stereocenters. The number of thiazole rings is 1. The number of imidazole rings is 1. The van der Waals surface area contributed by atoms with Crippen molar-refractivity contribution in [1.82, 2.24) is 19.4 Å². The van der Waals surface area contributed by atoms with Crippen LogP contribution in [0.25, 0.3) is 10.2 Å². The first kappa shape index (κ1) is 21.4. The number of nitrogens with zero attached hydrogens (tertiary/aromatic N) is 6. The summed E-state index contributed by atoms with van der Waals surface area (Å²) in [5.41, 5.74) is 4.08. The highest BCUT2D eigenvalue weighted by atomic mass is 32.1. The van der Waals surface area contributed by atoms with Crippen molar-refractivity contribution in [2.45, 2.75) is 19.5 Å². The monoisotopic (exact) mass is 458 g/mol. The van der Waals surface area contributed by atoms with Crippen LogP contribution >= 0.6 is 11.3 Å². The lowest BCUT2D eigenvalue weighted by atomic mass is 10.1. The number of anilines is 1. The van der Waals surface area contributed by atoms with Crippen molar-refractivity contribution >= 4 is 26.7 Å². The molecule has 2 aromatic heterocycles. The summed E-state index contributed by atoms with van der Waals surface area (Å²) in [7, 11) is 1.69. The highest BCUT2D eigenvalue weighted by Gasteiger charge is 2.22. The SMILES string of the molecule is COc1ccc2nc(N3CCN(Cc4cncn4[C@H](C)c4ccc(C#N)cc4)CC3)sc2c1. The first-order valence-corrected chi connectivity index (χ1v) is 11.9. The molecule has 0 saturated carbocycles. The molecule has 2 aromatic carbocycles. The molecule has 1 aliphatic heterocycles. The van der Waals surface area contributed by atoms with Crippen LogP contribution in [0, 0.1) is 11.3 Å². The van der Waals surface area contributed by atoms with Crippen molar-refractivity contribution < 1.29 is 4.74 Å². The fourth-order valence-corrected chi connectivity index (χ4v) is 5.33. The quantitative estimate of drug-likeness (QED) is 0.429. The van der Waals surface area contributed by atoms with E-state index in [2.05, 4.69) is 38.4 Å². The summed E-state index contributed by atoms with van der Waals surface area (Å²) in [6, 6.07) is 16.2. The fourth-order valence-electron chi connectivity index (χ4n) is 4.28. The number of hydrogen-bond donors (Lipinski definition) is 0. The predicted octanol–water partition coefficient (Wildman–Crippen LogP) is 4.30. The molecular formula is C25H26N6OS. The second-order valence-corrected chi connectivity index (χ2v) is 9.30. The van der Waals surface area contributed by atoms with Crippen LogP contribution in [0.2, 0.25) is 0 Å². The zero-order chi connectivity index (χ0) is 22.8. The molecular weight excluding hydrogens is 432 g/mol. The van der Waals surface area contributed by atoms with E-state index >= 15 is 0 Å². The molecule has 0 bridgehead atoms. The Hall–Kier alpha value is -3.41. The molecule has 1 aliphatic rings. The predicted molar refractivity (Wildman–Crippen MR) is 131 cm³/mol. The van der Waals surface area contributed by atoms with Crippen molar-refractivity contribution in [2.24, 2.45) is 0 Å². The summed E-state index contributed by atoms with van der Waals surface area (Å²) in [6.45, 7) is 6.91. The second kappa shape index (κ2) is 9.22. The Labute approximate surface area is 197 Å². The Bertz CT molecular complexity index is 1280. The number of piperazine rings is 1. The van der Waals surface area contributed by atoms with Gasteiger partial charge in [0.1, 0.15) is 5.75 Å². The molecule has 168 valence electrons. The number of benzene rings is 2. The summed E-state index contributed by atoms with van der Waals surface area (Å²) in [5.74, 6) is 0.870. The van der Waals surface area contributed by atoms with Gasteiger partial charge in [-0.2, -0.15) is 5.26 Å². The minimum absolute atomic E-state index is 0.163. The van der Waals surface area contributed by atoms with Crippen LogP contribution in [0.3, 0.4) is 0 Å². The number of fused-ring (bicyclic) bond motifs is 1. The van der Waals surface area contributed by atoms with Crippen LogP contribution < -0.4 is 9.64 Å². The maximum absolute atomic E-state index is 9.04. The zero-order valence-corrected chi connectivity index (χ0v) is 19.6. The molecule has 0 aliphatic carbocycles. The van der Waals surface area contributed by atoms with Gasteiger partial charge in [-0.25, -0.2) is 9.97 Å². The van der Waals surface area contributed by atoms with E-state index in [0.29, 0.717) is 5.56 Å². The molecule has 0 N–H and O–H groups in total. The average molecular weight is 459 g/mol. The summed E-state index contributed by atoms with van der Waals surface area (Å²) < 4.78 is 8.74. The topological polar surface area (TPSA) is 70.2 Å². The molecule has 1 fully saturated rings. The number of ether oxygens (including phenoxy) is 1. The lowest BCUT2D eigenvalue weighted by molar-refractivity contribution is 0.243. The summed E-state index contributed by atoms with van der Waals surface area (Å²) in [4.78, 5) is 14.1. The minimum Gasteiger partial charge on any atom is -0.497 e. The first-order chi connectivity index (χ1) is 16.1. The highest BCUT2D eigenvalue weighted by molar-refractivity contribution is 7.22. The number of nitriles is 1. The first-order valence-electron chi connectivity index (χ1n) is 11.1. The third kappa shape index (κ3) is 4.42. The molecule has 1 saturated heterocycles. The van der Waals surface area contributed by atoms with Gasteiger partial charge in [0.05, 0.1) is 47.0 Å². The van der Waals surface area contributed by atoms with Crippen molar-refractivity contribution in [3.63, 3.8) is 0 Å². The van der Waals surface area contributed by atoms with Crippen LogP contribution in [-0.4, -0.2) is 52.7 Å². The van der Waals surface area contributed by atoms with Gasteiger partial charge < -0.3 is 14.2 Å². The molecule has 0 amide bonds.